The first-order valence-electron chi connectivity index (χ1n) is 6.68. The molecule has 0 aromatic rings. The van der Waals surface area contributed by atoms with Crippen molar-refractivity contribution < 1.29 is 14.6 Å². The van der Waals surface area contributed by atoms with Crippen molar-refractivity contribution in [3.05, 3.63) is 0 Å². The van der Waals surface area contributed by atoms with Gasteiger partial charge in [-0.1, -0.05) is 0 Å². The molecule has 2 rings (SSSR count). The number of carbonyl (C=O) groups is 1. The van der Waals surface area contributed by atoms with Gasteiger partial charge in [0.1, 0.15) is 0 Å². The van der Waals surface area contributed by atoms with Gasteiger partial charge in [0.25, 0.3) is 0 Å². The van der Waals surface area contributed by atoms with Crippen LogP contribution in [0, 0.1) is 5.92 Å². The van der Waals surface area contributed by atoms with Gasteiger partial charge < -0.3 is 9.84 Å². The van der Waals surface area contributed by atoms with E-state index in [1.807, 2.05) is 0 Å². The van der Waals surface area contributed by atoms with Crippen LogP contribution in [0.1, 0.15) is 39.5 Å². The SMILES string of the molecule is CC1CC(N2CCC(C(=O)O)CC2C)CCO1. The van der Waals surface area contributed by atoms with E-state index in [1.165, 1.54) is 0 Å². The predicted octanol–water partition coefficient (Wildman–Crippen LogP) is 1.74. The van der Waals surface area contributed by atoms with Crippen LogP contribution < -0.4 is 0 Å². The molecule has 1 N–H and O–H groups in total. The summed E-state index contributed by atoms with van der Waals surface area (Å²) in [6, 6.07) is 0.976. The van der Waals surface area contributed by atoms with E-state index in [0.29, 0.717) is 18.2 Å². The molecule has 98 valence electrons. The molecular weight excluding hydrogens is 218 g/mol. The number of hydrogen-bond acceptors (Lipinski definition) is 3. The van der Waals surface area contributed by atoms with Crippen molar-refractivity contribution in [1.29, 1.82) is 0 Å². The maximum absolute atomic E-state index is 11.0. The second kappa shape index (κ2) is 5.36. The molecule has 2 aliphatic rings. The Balaban J connectivity index is 1.92. The number of ether oxygens (including phenoxy) is 1. The Morgan fingerprint density at radius 3 is 2.65 bits per heavy atom. The number of hydrogen-bond donors (Lipinski definition) is 1. The summed E-state index contributed by atoms with van der Waals surface area (Å²) < 4.78 is 5.57. The van der Waals surface area contributed by atoms with Crippen LogP contribution in [-0.4, -0.2) is 47.3 Å². The number of rotatable bonds is 2. The van der Waals surface area contributed by atoms with Crippen LogP contribution in [0.15, 0.2) is 0 Å². The molecule has 0 bridgehead atoms. The van der Waals surface area contributed by atoms with Gasteiger partial charge in [0.2, 0.25) is 0 Å². The highest BCUT2D eigenvalue weighted by Crippen LogP contribution is 2.29. The highest BCUT2D eigenvalue weighted by molar-refractivity contribution is 5.70. The third kappa shape index (κ3) is 2.99. The van der Waals surface area contributed by atoms with Crippen molar-refractivity contribution in [2.24, 2.45) is 5.92 Å². The molecule has 4 heteroatoms. The van der Waals surface area contributed by atoms with Crippen molar-refractivity contribution in [1.82, 2.24) is 4.90 Å². The van der Waals surface area contributed by atoms with E-state index in [-0.39, 0.29) is 5.92 Å². The van der Waals surface area contributed by atoms with Gasteiger partial charge in [0.15, 0.2) is 0 Å². The summed E-state index contributed by atoms with van der Waals surface area (Å²) in [5.74, 6) is -0.768. The van der Waals surface area contributed by atoms with Crippen molar-refractivity contribution in [3.63, 3.8) is 0 Å². The summed E-state index contributed by atoms with van der Waals surface area (Å²) in [4.78, 5) is 13.5. The van der Waals surface area contributed by atoms with Crippen LogP contribution in [-0.2, 0) is 9.53 Å². The number of carboxylic acid groups (broad SMARTS) is 1. The van der Waals surface area contributed by atoms with Gasteiger partial charge in [-0.3, -0.25) is 9.69 Å². The molecule has 0 aromatic heterocycles. The average molecular weight is 241 g/mol. The van der Waals surface area contributed by atoms with Gasteiger partial charge in [-0.05, 0) is 46.1 Å². The van der Waals surface area contributed by atoms with Gasteiger partial charge in [-0.25, -0.2) is 0 Å². The summed E-state index contributed by atoms with van der Waals surface area (Å²) in [5, 5.41) is 9.06. The lowest BCUT2D eigenvalue weighted by Crippen LogP contribution is -2.50. The number of aliphatic carboxylic acids is 1. The summed E-state index contributed by atoms with van der Waals surface area (Å²) in [5.41, 5.74) is 0. The quantitative estimate of drug-likeness (QED) is 0.800. The summed E-state index contributed by atoms with van der Waals surface area (Å²) in [7, 11) is 0. The van der Waals surface area contributed by atoms with E-state index in [2.05, 4.69) is 18.7 Å². The highest BCUT2D eigenvalue weighted by Gasteiger charge is 2.34. The molecule has 0 aromatic carbocycles. The molecule has 0 spiro atoms. The van der Waals surface area contributed by atoms with Crippen molar-refractivity contribution in [2.75, 3.05) is 13.2 Å². The molecular formula is C13H23NO3. The topological polar surface area (TPSA) is 49.8 Å². The van der Waals surface area contributed by atoms with E-state index in [0.717, 1.165) is 38.8 Å². The van der Waals surface area contributed by atoms with Gasteiger partial charge in [0.05, 0.1) is 12.0 Å². The molecule has 2 fully saturated rings. The van der Waals surface area contributed by atoms with E-state index in [9.17, 15) is 4.79 Å². The van der Waals surface area contributed by atoms with E-state index in [4.69, 9.17) is 9.84 Å². The Morgan fingerprint density at radius 1 is 1.29 bits per heavy atom. The van der Waals surface area contributed by atoms with Crippen molar-refractivity contribution in [3.8, 4) is 0 Å². The largest absolute Gasteiger partial charge is 0.481 e. The normalized spacial score (nSPS) is 40.1. The number of nitrogens with zero attached hydrogens (tertiary/aromatic N) is 1. The van der Waals surface area contributed by atoms with E-state index >= 15 is 0 Å². The summed E-state index contributed by atoms with van der Waals surface area (Å²) in [6.45, 7) is 6.06. The molecule has 2 aliphatic heterocycles. The van der Waals surface area contributed by atoms with Gasteiger partial charge in [-0.15, -0.1) is 0 Å². The second-order valence-electron chi connectivity index (χ2n) is 5.51. The lowest BCUT2D eigenvalue weighted by molar-refractivity contribution is -0.144. The molecule has 0 radical (unpaired) electrons. The Morgan fingerprint density at radius 2 is 2.06 bits per heavy atom. The molecule has 4 unspecified atom stereocenters. The summed E-state index contributed by atoms with van der Waals surface area (Å²) >= 11 is 0. The van der Waals surface area contributed by atoms with Crippen LogP contribution in [0.3, 0.4) is 0 Å². The monoisotopic (exact) mass is 241 g/mol. The van der Waals surface area contributed by atoms with Crippen molar-refractivity contribution in [2.45, 2.75) is 57.7 Å². The first-order chi connectivity index (χ1) is 8.08. The Labute approximate surface area is 103 Å². The van der Waals surface area contributed by atoms with Gasteiger partial charge >= 0.3 is 5.97 Å². The Hall–Kier alpha value is -0.610. The lowest BCUT2D eigenvalue weighted by Gasteiger charge is -2.44. The van der Waals surface area contributed by atoms with Gasteiger partial charge in [-0.2, -0.15) is 0 Å². The molecule has 4 atom stereocenters. The fourth-order valence-corrected chi connectivity index (χ4v) is 3.23. The molecule has 0 aliphatic carbocycles. The van der Waals surface area contributed by atoms with E-state index < -0.39 is 5.97 Å². The van der Waals surface area contributed by atoms with Crippen LogP contribution in [0.2, 0.25) is 0 Å². The van der Waals surface area contributed by atoms with Crippen LogP contribution in [0.5, 0.6) is 0 Å². The first-order valence-corrected chi connectivity index (χ1v) is 6.68. The Kier molecular flexibility index (Phi) is 4.05. The molecule has 0 saturated carbocycles. The van der Waals surface area contributed by atoms with E-state index in [1.54, 1.807) is 0 Å². The minimum absolute atomic E-state index is 0.140. The standard InChI is InChI=1S/C13H23NO3/c1-9-7-11(13(15)16)3-5-14(9)12-4-6-17-10(2)8-12/h9-12H,3-8H2,1-2H3,(H,15,16). The molecule has 4 nitrogen and oxygen atoms in total. The smallest absolute Gasteiger partial charge is 0.306 e. The maximum atomic E-state index is 11.0. The number of piperidine rings is 1. The average Bonchev–Trinajstić information content (AvgIpc) is 2.28. The zero-order chi connectivity index (χ0) is 12.4. The first kappa shape index (κ1) is 12.8. The van der Waals surface area contributed by atoms with Gasteiger partial charge in [0, 0.05) is 18.7 Å². The highest BCUT2D eigenvalue weighted by atomic mass is 16.5. The minimum atomic E-state index is -0.628. The van der Waals surface area contributed by atoms with Crippen LogP contribution in [0.4, 0.5) is 0 Å². The fraction of sp³-hybridized carbons (Fsp3) is 0.923. The minimum Gasteiger partial charge on any atom is -0.481 e. The zero-order valence-corrected chi connectivity index (χ0v) is 10.8. The second-order valence-corrected chi connectivity index (χ2v) is 5.51. The van der Waals surface area contributed by atoms with Crippen LogP contribution in [0.25, 0.3) is 0 Å². The fourth-order valence-electron chi connectivity index (χ4n) is 3.23. The zero-order valence-electron chi connectivity index (χ0n) is 10.8. The molecule has 2 heterocycles. The van der Waals surface area contributed by atoms with Crippen molar-refractivity contribution >= 4 is 5.97 Å². The third-order valence-corrected chi connectivity index (χ3v) is 4.20. The Bertz CT molecular complexity index is 282. The lowest BCUT2D eigenvalue weighted by atomic mass is 9.89. The number of likely N-dealkylation sites (tertiary alicyclic amines) is 1. The molecule has 17 heavy (non-hydrogen) atoms. The maximum Gasteiger partial charge on any atom is 0.306 e. The predicted molar refractivity (Wildman–Crippen MR) is 65.0 cm³/mol. The third-order valence-electron chi connectivity index (χ3n) is 4.20. The molecule has 2 saturated heterocycles. The number of carboxylic acids is 1. The molecule has 0 amide bonds. The van der Waals surface area contributed by atoms with Crippen LogP contribution >= 0.6 is 0 Å². The summed E-state index contributed by atoms with van der Waals surface area (Å²) in [6.07, 6.45) is 4.11.